The van der Waals surface area contributed by atoms with Crippen LogP contribution in [-0.4, -0.2) is 0 Å². The first-order chi connectivity index (χ1) is 2.41. The van der Waals surface area contributed by atoms with Gasteiger partial charge in [0.05, 0.1) is 0 Å². The molecular weight excluding hydrogens is 238 g/mol. The van der Waals surface area contributed by atoms with E-state index in [1.54, 1.807) is 6.92 Å². The molecule has 32 valence electrons. The first-order valence-corrected chi connectivity index (χ1v) is 1.04. The molecule has 0 atom stereocenters. The largest absolute Gasteiger partial charge is 0.697 e. The Morgan fingerprint density at radius 3 is 1.29 bits per heavy atom. The maximum Gasteiger partial charge on any atom is 0 e. The minimum absolute atomic E-state index is 0. The molecule has 0 aromatic carbocycles. The Balaban J connectivity index is -0.0000000105. The Hall–Kier alpha value is 1.33. The molecule has 0 unspecified atom stereocenters. The fourth-order valence-corrected chi connectivity index (χ4v) is 0. The van der Waals surface area contributed by atoms with E-state index in [0.717, 1.165) is 0 Å². The third kappa shape index (κ3) is 118. The van der Waals surface area contributed by atoms with Crippen LogP contribution in [0.1, 0.15) is 6.92 Å². The van der Waals surface area contributed by atoms with E-state index in [4.69, 9.17) is 12.8 Å². The molecular formula is C5H4Y2-2. The molecule has 0 aromatic heterocycles. The van der Waals surface area contributed by atoms with Gasteiger partial charge in [0.2, 0.25) is 0 Å². The van der Waals surface area contributed by atoms with Gasteiger partial charge in [-0.05, 0) is 6.92 Å². The number of hydrogen-bond acceptors (Lipinski definition) is 0. The van der Waals surface area contributed by atoms with Gasteiger partial charge < -0.3 is 25.2 Å². The van der Waals surface area contributed by atoms with E-state index in [-0.39, 0.29) is 65.4 Å². The fourth-order valence-electron chi connectivity index (χ4n) is 0. The summed E-state index contributed by atoms with van der Waals surface area (Å²) in [6, 6.07) is 0. The molecule has 0 rings (SSSR count). The van der Waals surface area contributed by atoms with Crippen molar-refractivity contribution in [2.75, 3.05) is 0 Å². The Morgan fingerprint density at radius 2 is 1.29 bits per heavy atom. The van der Waals surface area contributed by atoms with Crippen LogP contribution in [0.4, 0.5) is 0 Å². The molecule has 2 radical (unpaired) electrons. The quantitative estimate of drug-likeness (QED) is 0.435. The summed E-state index contributed by atoms with van der Waals surface area (Å²) in [7, 11) is 0. The molecule has 0 saturated carbocycles. The van der Waals surface area contributed by atoms with Crippen LogP contribution >= 0.6 is 0 Å². The fraction of sp³-hybridized carbons (Fsp3) is 0.200. The number of rotatable bonds is 0. The molecule has 0 heterocycles. The van der Waals surface area contributed by atoms with Crippen molar-refractivity contribution in [3.63, 3.8) is 0 Å². The van der Waals surface area contributed by atoms with Gasteiger partial charge in [-0.25, -0.2) is 0 Å². The summed E-state index contributed by atoms with van der Waals surface area (Å²) in [6.07, 6.45) is 15.0. The predicted octanol–water partition coefficient (Wildman–Crippen LogP) is 0.797. The molecule has 0 aliphatic heterocycles. The van der Waals surface area contributed by atoms with Gasteiger partial charge in [0.15, 0.2) is 0 Å². The monoisotopic (exact) mass is 242 g/mol. The van der Waals surface area contributed by atoms with Gasteiger partial charge in [-0.3, -0.25) is 0 Å². The third-order valence-electron chi connectivity index (χ3n) is 0. The third-order valence-corrected chi connectivity index (χ3v) is 0. The van der Waals surface area contributed by atoms with Crippen molar-refractivity contribution in [2.45, 2.75) is 6.92 Å². The van der Waals surface area contributed by atoms with E-state index < -0.39 is 0 Å². The minimum Gasteiger partial charge on any atom is -0.697 e. The molecule has 7 heavy (non-hydrogen) atoms. The average Bonchev–Trinajstić information content (AvgIpc) is 1.46. The SMILES string of the molecule is [C-]#C.[C-]#CC.[Y].[Y]. The van der Waals surface area contributed by atoms with Crippen LogP contribution in [0, 0.1) is 25.2 Å². The van der Waals surface area contributed by atoms with E-state index in [0.29, 0.717) is 0 Å². The minimum atomic E-state index is 0. The van der Waals surface area contributed by atoms with Crippen LogP contribution in [0.3, 0.4) is 0 Å². The zero-order valence-corrected chi connectivity index (χ0v) is 9.91. The van der Waals surface area contributed by atoms with Crippen molar-refractivity contribution in [3.05, 3.63) is 12.8 Å². The topological polar surface area (TPSA) is 0 Å². The Morgan fingerprint density at radius 1 is 1.29 bits per heavy atom. The zero-order chi connectivity index (χ0) is 4.71. The van der Waals surface area contributed by atoms with Crippen LogP contribution < -0.4 is 0 Å². The number of hydrogen-bond donors (Lipinski definition) is 0. The number of terminal acetylenes is 1. The van der Waals surface area contributed by atoms with Gasteiger partial charge in [0.25, 0.3) is 0 Å². The van der Waals surface area contributed by atoms with Gasteiger partial charge >= 0.3 is 0 Å². The van der Waals surface area contributed by atoms with E-state index >= 15 is 0 Å². The van der Waals surface area contributed by atoms with Crippen LogP contribution in [0.15, 0.2) is 0 Å². The Labute approximate surface area is 96.0 Å². The summed E-state index contributed by atoms with van der Waals surface area (Å²) >= 11 is 0. The summed E-state index contributed by atoms with van der Waals surface area (Å²) in [4.78, 5) is 0. The van der Waals surface area contributed by atoms with Gasteiger partial charge in [-0.2, -0.15) is 0 Å². The van der Waals surface area contributed by atoms with Crippen molar-refractivity contribution < 1.29 is 65.4 Å². The summed E-state index contributed by atoms with van der Waals surface area (Å²) < 4.78 is 0. The van der Waals surface area contributed by atoms with E-state index in [1.807, 2.05) is 5.92 Å². The standard InChI is InChI=1S/C3H3.C2H.2Y/c1-3-2;1-2;;/h1H3;1H;;/q2*-1;;. The van der Waals surface area contributed by atoms with Crippen molar-refractivity contribution in [1.29, 1.82) is 0 Å². The van der Waals surface area contributed by atoms with E-state index in [1.165, 1.54) is 0 Å². The van der Waals surface area contributed by atoms with E-state index in [9.17, 15) is 0 Å². The van der Waals surface area contributed by atoms with Gasteiger partial charge in [-0.1, -0.05) is 0 Å². The van der Waals surface area contributed by atoms with Crippen molar-refractivity contribution in [3.8, 4) is 12.3 Å². The molecule has 0 amide bonds. The molecule has 2 heteroatoms. The predicted molar refractivity (Wildman–Crippen MR) is 21.0 cm³/mol. The van der Waals surface area contributed by atoms with Gasteiger partial charge in [0.1, 0.15) is 0 Å². The van der Waals surface area contributed by atoms with Crippen molar-refractivity contribution >= 4 is 0 Å². The van der Waals surface area contributed by atoms with Crippen LogP contribution in [0.25, 0.3) is 0 Å². The molecule has 0 nitrogen and oxygen atoms in total. The molecule has 0 aliphatic carbocycles. The molecule has 0 fully saturated rings. The van der Waals surface area contributed by atoms with Crippen molar-refractivity contribution in [2.24, 2.45) is 0 Å². The van der Waals surface area contributed by atoms with Crippen LogP contribution in [0.2, 0.25) is 0 Å². The Bertz CT molecular complexity index is 48.8. The molecule has 0 N–H and O–H groups in total. The van der Waals surface area contributed by atoms with Gasteiger partial charge in [0, 0.05) is 65.4 Å². The maximum atomic E-state index is 5.96. The Kier molecular flexibility index (Phi) is 185. The first kappa shape index (κ1) is 23.9. The summed E-state index contributed by atoms with van der Waals surface area (Å²) in [5.74, 6) is 2.00. The first-order valence-electron chi connectivity index (χ1n) is 1.04. The average molecular weight is 242 g/mol. The summed E-state index contributed by atoms with van der Waals surface area (Å²) in [6.45, 7) is 1.54. The summed E-state index contributed by atoms with van der Waals surface area (Å²) in [5.41, 5.74) is 0. The van der Waals surface area contributed by atoms with Crippen LogP contribution in [-0.2, 0) is 65.4 Å². The zero-order valence-electron chi connectivity index (χ0n) is 4.23. The van der Waals surface area contributed by atoms with Crippen LogP contribution in [0.5, 0.6) is 0 Å². The molecule has 0 spiro atoms. The normalized spacial score (nSPS) is 1.43. The molecule has 0 aromatic rings. The van der Waals surface area contributed by atoms with Gasteiger partial charge in [-0.15, -0.1) is 0 Å². The smallest absolute Gasteiger partial charge is 0 e. The van der Waals surface area contributed by atoms with Crippen molar-refractivity contribution in [1.82, 2.24) is 0 Å². The second kappa shape index (κ2) is 54.1. The second-order valence-electron chi connectivity index (χ2n) is 0.250. The molecule has 0 aliphatic rings. The summed E-state index contributed by atoms with van der Waals surface area (Å²) in [5, 5.41) is 0. The molecule has 0 bridgehead atoms. The molecule has 0 saturated heterocycles. The van der Waals surface area contributed by atoms with E-state index in [2.05, 4.69) is 6.42 Å². The maximum absolute atomic E-state index is 5.96. The second-order valence-corrected chi connectivity index (χ2v) is 0.250.